The van der Waals surface area contributed by atoms with Crippen LogP contribution in [-0.4, -0.2) is 16.7 Å². The number of imide groups is 1. The number of allylic oxidation sites excluding steroid dienone is 2. The quantitative estimate of drug-likeness (QED) is 0.773. The van der Waals surface area contributed by atoms with Crippen LogP contribution in [0.2, 0.25) is 0 Å². The fraction of sp³-hybridized carbons (Fsp3) is 0.238. The zero-order chi connectivity index (χ0) is 17.1. The fourth-order valence-corrected chi connectivity index (χ4v) is 5.09. The van der Waals surface area contributed by atoms with E-state index in [-0.39, 0.29) is 35.5 Å². The first-order chi connectivity index (χ1) is 12.2. The highest BCUT2D eigenvalue weighted by atomic mass is 35.5. The topological polar surface area (TPSA) is 37.4 Å². The Balaban J connectivity index is 1.57. The van der Waals surface area contributed by atoms with Crippen LogP contribution in [0.3, 0.4) is 0 Å². The Labute approximate surface area is 150 Å². The number of benzene rings is 2. The van der Waals surface area contributed by atoms with E-state index in [1.54, 1.807) is 0 Å². The number of nitrogens with zero attached hydrogens (tertiary/aromatic N) is 1. The zero-order valence-electron chi connectivity index (χ0n) is 13.4. The molecule has 2 bridgehead atoms. The van der Waals surface area contributed by atoms with E-state index in [2.05, 4.69) is 6.07 Å². The molecule has 3 aliphatic carbocycles. The average molecular weight is 350 g/mol. The number of halogens is 1. The molecule has 1 saturated heterocycles. The molecule has 4 heteroatoms. The number of amides is 2. The van der Waals surface area contributed by atoms with E-state index in [0.29, 0.717) is 11.6 Å². The lowest BCUT2D eigenvalue weighted by molar-refractivity contribution is -0.140. The number of hydrogen-bond donors (Lipinski definition) is 0. The predicted octanol–water partition coefficient (Wildman–Crippen LogP) is 3.81. The van der Waals surface area contributed by atoms with Gasteiger partial charge in [-0.2, -0.15) is 0 Å². The molecule has 1 fully saturated rings. The van der Waals surface area contributed by atoms with Crippen molar-refractivity contribution in [2.75, 3.05) is 0 Å². The molecule has 2 aromatic carbocycles. The largest absolute Gasteiger partial charge is 0.278 e. The van der Waals surface area contributed by atoms with Crippen LogP contribution in [0.15, 0.2) is 65.7 Å². The van der Waals surface area contributed by atoms with Crippen LogP contribution in [0.4, 0.5) is 0 Å². The summed E-state index contributed by atoms with van der Waals surface area (Å²) in [5.74, 6) is -1.13. The van der Waals surface area contributed by atoms with Crippen LogP contribution < -0.4 is 0 Å². The molecule has 4 aliphatic rings. The van der Waals surface area contributed by atoms with E-state index >= 15 is 0 Å². The third-order valence-electron chi connectivity index (χ3n) is 5.74. The summed E-state index contributed by atoms with van der Waals surface area (Å²) < 4.78 is 0. The molecule has 4 atom stereocenters. The summed E-state index contributed by atoms with van der Waals surface area (Å²) in [4.78, 5) is 27.6. The lowest BCUT2D eigenvalue weighted by atomic mass is 9.60. The van der Waals surface area contributed by atoms with Gasteiger partial charge in [-0.25, -0.2) is 0 Å². The van der Waals surface area contributed by atoms with Crippen molar-refractivity contribution in [1.29, 1.82) is 0 Å². The van der Waals surface area contributed by atoms with Gasteiger partial charge in [0.1, 0.15) is 0 Å². The molecule has 2 aromatic rings. The van der Waals surface area contributed by atoms with E-state index in [4.69, 9.17) is 11.6 Å². The summed E-state index contributed by atoms with van der Waals surface area (Å²) in [6.45, 7) is 0.332. The van der Waals surface area contributed by atoms with E-state index in [0.717, 1.165) is 16.7 Å². The minimum absolute atomic E-state index is 0.0660. The normalized spacial score (nSPS) is 29.5. The lowest BCUT2D eigenvalue weighted by Gasteiger charge is -2.42. The summed E-state index contributed by atoms with van der Waals surface area (Å²) in [5.41, 5.74) is 3.21. The molecule has 0 aromatic heterocycles. The van der Waals surface area contributed by atoms with E-state index in [1.165, 1.54) is 4.90 Å². The Morgan fingerprint density at radius 3 is 2.24 bits per heavy atom. The minimum atomic E-state index is -0.367. The van der Waals surface area contributed by atoms with E-state index in [1.807, 2.05) is 54.6 Å². The molecule has 124 valence electrons. The molecule has 0 radical (unpaired) electrons. The number of likely N-dealkylation sites (tertiary alicyclic amines) is 1. The van der Waals surface area contributed by atoms with Gasteiger partial charge in [-0.05, 0) is 16.7 Å². The van der Waals surface area contributed by atoms with Crippen LogP contribution in [0.25, 0.3) is 0 Å². The first-order valence-electron chi connectivity index (χ1n) is 8.52. The number of carbonyl (C=O) groups is 2. The monoisotopic (exact) mass is 349 g/mol. The second-order valence-electron chi connectivity index (χ2n) is 6.98. The molecule has 0 N–H and O–H groups in total. The summed E-state index contributed by atoms with van der Waals surface area (Å²) in [7, 11) is 0. The van der Waals surface area contributed by atoms with Crippen molar-refractivity contribution in [3.8, 4) is 0 Å². The smallest absolute Gasteiger partial charge is 0.234 e. The molecule has 0 saturated carbocycles. The molecular weight excluding hydrogens is 334 g/mol. The molecule has 1 heterocycles. The van der Waals surface area contributed by atoms with Crippen molar-refractivity contribution in [3.05, 3.63) is 82.4 Å². The maximum Gasteiger partial charge on any atom is 0.234 e. The van der Waals surface area contributed by atoms with Gasteiger partial charge in [0, 0.05) is 16.9 Å². The van der Waals surface area contributed by atoms with Crippen molar-refractivity contribution < 1.29 is 9.59 Å². The second-order valence-corrected chi connectivity index (χ2v) is 7.42. The maximum atomic E-state index is 13.1. The summed E-state index contributed by atoms with van der Waals surface area (Å²) in [5, 5.41) is 0.702. The maximum absolute atomic E-state index is 13.1. The van der Waals surface area contributed by atoms with Crippen molar-refractivity contribution in [2.24, 2.45) is 11.8 Å². The van der Waals surface area contributed by atoms with Gasteiger partial charge >= 0.3 is 0 Å². The highest BCUT2D eigenvalue weighted by molar-refractivity contribution is 6.31. The van der Waals surface area contributed by atoms with Crippen molar-refractivity contribution in [2.45, 2.75) is 18.4 Å². The van der Waals surface area contributed by atoms with Crippen LogP contribution in [0.5, 0.6) is 0 Å². The highest BCUT2D eigenvalue weighted by Crippen LogP contribution is 2.59. The highest BCUT2D eigenvalue weighted by Gasteiger charge is 2.59. The number of carbonyl (C=O) groups excluding carboxylic acids is 2. The summed E-state index contributed by atoms with van der Waals surface area (Å²) >= 11 is 6.51. The standard InChI is InChI=1S/C21H16ClNO2/c22-16-10-15-13-8-4-5-9-14(13)17(16)19-18(15)20(24)23(21(19)25)11-12-6-2-1-3-7-12/h1-10,15,17-19H,11H2/t15-,17+,18+,19+/m1/s1. The van der Waals surface area contributed by atoms with E-state index < -0.39 is 0 Å². The first kappa shape index (κ1) is 14.9. The molecule has 6 rings (SSSR count). The molecule has 25 heavy (non-hydrogen) atoms. The predicted molar refractivity (Wildman–Crippen MR) is 94.8 cm³/mol. The van der Waals surface area contributed by atoms with Crippen LogP contribution in [0, 0.1) is 11.8 Å². The van der Waals surface area contributed by atoms with E-state index in [9.17, 15) is 9.59 Å². The molecule has 0 unspecified atom stereocenters. The third kappa shape index (κ3) is 1.99. The molecule has 0 spiro atoms. The Morgan fingerprint density at radius 1 is 0.840 bits per heavy atom. The van der Waals surface area contributed by atoms with Crippen molar-refractivity contribution in [1.82, 2.24) is 4.90 Å². The van der Waals surface area contributed by atoms with Gasteiger partial charge in [0.2, 0.25) is 11.8 Å². The van der Waals surface area contributed by atoms with Gasteiger partial charge in [-0.15, -0.1) is 0 Å². The average Bonchev–Trinajstić information content (AvgIpc) is 2.89. The molecule has 1 aliphatic heterocycles. The van der Waals surface area contributed by atoms with Crippen molar-refractivity contribution in [3.63, 3.8) is 0 Å². The molecule has 3 nitrogen and oxygen atoms in total. The Morgan fingerprint density at radius 2 is 1.48 bits per heavy atom. The molecular formula is C21H16ClNO2. The Hall–Kier alpha value is -2.39. The lowest BCUT2D eigenvalue weighted by Crippen LogP contribution is -2.38. The Bertz CT molecular complexity index is 921. The van der Waals surface area contributed by atoms with Crippen LogP contribution in [0.1, 0.15) is 28.5 Å². The fourth-order valence-electron chi connectivity index (χ4n) is 4.70. The van der Waals surface area contributed by atoms with Gasteiger partial charge < -0.3 is 0 Å². The number of rotatable bonds is 2. The van der Waals surface area contributed by atoms with Gasteiger partial charge in [0.05, 0.1) is 18.4 Å². The van der Waals surface area contributed by atoms with Gasteiger partial charge in [0.15, 0.2) is 0 Å². The minimum Gasteiger partial charge on any atom is -0.278 e. The second kappa shape index (κ2) is 5.30. The van der Waals surface area contributed by atoms with Crippen LogP contribution >= 0.6 is 11.6 Å². The van der Waals surface area contributed by atoms with Crippen LogP contribution in [-0.2, 0) is 16.1 Å². The number of hydrogen-bond acceptors (Lipinski definition) is 2. The first-order valence-corrected chi connectivity index (χ1v) is 8.90. The summed E-state index contributed by atoms with van der Waals surface area (Å²) in [6, 6.07) is 17.7. The summed E-state index contributed by atoms with van der Waals surface area (Å²) in [6.07, 6.45) is 1.98. The third-order valence-corrected chi connectivity index (χ3v) is 6.11. The SMILES string of the molecule is O=C1[C@@H]2[C@@H](C(=O)N1Cc1ccccc1)[C@@H]1C(Cl)=C[C@@H]2c2ccccc21. The van der Waals surface area contributed by atoms with Crippen molar-refractivity contribution >= 4 is 23.4 Å². The van der Waals surface area contributed by atoms with Gasteiger partial charge in [-0.3, -0.25) is 14.5 Å². The zero-order valence-corrected chi connectivity index (χ0v) is 14.2. The van der Waals surface area contributed by atoms with Gasteiger partial charge in [0.25, 0.3) is 0 Å². The van der Waals surface area contributed by atoms with Gasteiger partial charge in [-0.1, -0.05) is 72.3 Å². The molecule has 2 amide bonds. The Kier molecular flexibility index (Phi) is 3.16.